The first-order chi connectivity index (χ1) is 6.00. The Kier molecular flexibility index (Phi) is 2.77. The zero-order valence-corrected chi connectivity index (χ0v) is 7.54. The lowest BCUT2D eigenvalue weighted by atomic mass is 10.3. The van der Waals surface area contributed by atoms with E-state index < -0.39 is 18.0 Å². The molecule has 0 aromatic heterocycles. The fourth-order valence-electron chi connectivity index (χ4n) is 1.07. The average molecular weight is 205 g/mol. The highest BCUT2D eigenvalue weighted by molar-refractivity contribution is 6.29. The molecule has 1 heterocycles. The molecule has 0 saturated carbocycles. The quantitative estimate of drug-likeness (QED) is 0.691. The molecule has 1 unspecified atom stereocenters. The van der Waals surface area contributed by atoms with Crippen LogP contribution >= 0.6 is 11.6 Å². The van der Waals surface area contributed by atoms with Crippen molar-refractivity contribution in [1.82, 2.24) is 10.2 Å². The van der Waals surface area contributed by atoms with Gasteiger partial charge in [-0.1, -0.05) is 18.2 Å². The van der Waals surface area contributed by atoms with Gasteiger partial charge in [-0.15, -0.1) is 0 Å². The number of carbonyl (C=O) groups excluding carboxylic acids is 1. The van der Waals surface area contributed by atoms with Crippen LogP contribution in [-0.4, -0.2) is 41.1 Å². The molecule has 0 spiro atoms. The number of amides is 2. The predicted molar refractivity (Wildman–Crippen MR) is 46.5 cm³/mol. The molecule has 2 N–H and O–H groups in total. The number of aliphatic carboxylic acids is 1. The summed E-state index contributed by atoms with van der Waals surface area (Å²) in [6.07, 6.45) is 0. The molecule has 6 heteroatoms. The van der Waals surface area contributed by atoms with Crippen molar-refractivity contribution in [3.8, 4) is 0 Å². The van der Waals surface area contributed by atoms with Crippen molar-refractivity contribution < 1.29 is 14.7 Å². The highest BCUT2D eigenvalue weighted by atomic mass is 35.5. The number of rotatable bonds is 3. The molecule has 0 aromatic carbocycles. The molecule has 1 rings (SSSR count). The molecule has 1 atom stereocenters. The van der Waals surface area contributed by atoms with E-state index in [-0.39, 0.29) is 13.1 Å². The van der Waals surface area contributed by atoms with Crippen molar-refractivity contribution >= 4 is 23.6 Å². The highest BCUT2D eigenvalue weighted by Gasteiger charge is 2.33. The number of halogens is 1. The second-order valence-electron chi connectivity index (χ2n) is 2.74. The van der Waals surface area contributed by atoms with Gasteiger partial charge in [-0.25, -0.2) is 9.59 Å². The Morgan fingerprint density at radius 3 is 2.85 bits per heavy atom. The molecule has 0 aromatic rings. The summed E-state index contributed by atoms with van der Waals surface area (Å²) < 4.78 is 0. The number of carboxylic acids is 1. The van der Waals surface area contributed by atoms with E-state index in [1.165, 1.54) is 4.90 Å². The number of nitrogens with one attached hydrogen (secondary N) is 1. The Morgan fingerprint density at radius 1 is 1.85 bits per heavy atom. The Bertz CT molecular complexity index is 266. The van der Waals surface area contributed by atoms with Gasteiger partial charge in [0.05, 0.1) is 13.1 Å². The first kappa shape index (κ1) is 9.85. The maximum atomic E-state index is 11.1. The van der Waals surface area contributed by atoms with Crippen LogP contribution in [0.4, 0.5) is 4.79 Å². The van der Waals surface area contributed by atoms with Crippen molar-refractivity contribution in [3.63, 3.8) is 0 Å². The zero-order chi connectivity index (χ0) is 10.0. The fraction of sp³-hybridized carbons (Fsp3) is 0.429. The normalized spacial score (nSPS) is 21.5. The van der Waals surface area contributed by atoms with Crippen molar-refractivity contribution in [2.45, 2.75) is 6.04 Å². The van der Waals surface area contributed by atoms with E-state index in [9.17, 15) is 9.59 Å². The summed E-state index contributed by atoms with van der Waals surface area (Å²) in [6, 6.07) is -1.27. The molecule has 5 nitrogen and oxygen atoms in total. The van der Waals surface area contributed by atoms with Crippen LogP contribution in [0.5, 0.6) is 0 Å². The van der Waals surface area contributed by atoms with E-state index in [4.69, 9.17) is 16.7 Å². The fourth-order valence-corrected chi connectivity index (χ4v) is 1.22. The van der Waals surface area contributed by atoms with Gasteiger partial charge in [0.15, 0.2) is 0 Å². The third-order valence-electron chi connectivity index (χ3n) is 1.65. The van der Waals surface area contributed by atoms with Crippen LogP contribution in [0, 0.1) is 0 Å². The number of nitrogens with zero attached hydrogens (tertiary/aromatic N) is 1. The van der Waals surface area contributed by atoms with Crippen LogP contribution in [0.25, 0.3) is 0 Å². The molecule has 13 heavy (non-hydrogen) atoms. The van der Waals surface area contributed by atoms with Gasteiger partial charge in [0.2, 0.25) is 0 Å². The Morgan fingerprint density at radius 2 is 2.46 bits per heavy atom. The van der Waals surface area contributed by atoms with Crippen LogP contribution < -0.4 is 5.32 Å². The van der Waals surface area contributed by atoms with Crippen LogP contribution in [0.1, 0.15) is 0 Å². The van der Waals surface area contributed by atoms with E-state index >= 15 is 0 Å². The first-order valence-corrected chi connectivity index (χ1v) is 4.00. The molecule has 72 valence electrons. The number of hydrogen-bond acceptors (Lipinski definition) is 2. The van der Waals surface area contributed by atoms with Gasteiger partial charge < -0.3 is 15.3 Å². The summed E-state index contributed by atoms with van der Waals surface area (Å²) in [5.74, 6) is -1.05. The lowest BCUT2D eigenvalue weighted by Gasteiger charge is -2.11. The van der Waals surface area contributed by atoms with Crippen LogP contribution in [0.3, 0.4) is 0 Å². The number of carboxylic acid groups (broad SMARTS) is 1. The predicted octanol–water partition coefficient (Wildman–Crippen LogP) is 0.217. The van der Waals surface area contributed by atoms with Crippen molar-refractivity contribution in [2.75, 3.05) is 13.1 Å². The molecule has 0 bridgehead atoms. The largest absolute Gasteiger partial charge is 0.480 e. The van der Waals surface area contributed by atoms with E-state index in [1.807, 2.05) is 0 Å². The standard InChI is InChI=1S/C7H9ClN2O3/c1-4(8)2-10-3-5(6(11)12)9-7(10)13/h5H,1-3H2,(H,9,13)(H,11,12). The maximum absolute atomic E-state index is 11.1. The SMILES string of the molecule is C=C(Cl)CN1CC(C(=O)O)NC1=O. The maximum Gasteiger partial charge on any atom is 0.328 e. The summed E-state index contributed by atoms with van der Waals surface area (Å²) in [6.45, 7) is 3.72. The van der Waals surface area contributed by atoms with Crippen LogP contribution in [0.15, 0.2) is 11.6 Å². The molecule has 1 fully saturated rings. The van der Waals surface area contributed by atoms with E-state index in [1.54, 1.807) is 0 Å². The third kappa shape index (κ3) is 2.35. The minimum atomic E-state index is -1.05. The molecular weight excluding hydrogens is 196 g/mol. The molecular formula is C7H9ClN2O3. The minimum absolute atomic E-state index is 0.125. The van der Waals surface area contributed by atoms with Gasteiger partial charge in [-0.05, 0) is 0 Å². The molecule has 0 radical (unpaired) electrons. The van der Waals surface area contributed by atoms with Crippen molar-refractivity contribution in [1.29, 1.82) is 0 Å². The number of carbonyl (C=O) groups is 2. The van der Waals surface area contributed by atoms with Crippen LogP contribution in [0.2, 0.25) is 0 Å². The molecule has 1 aliphatic heterocycles. The monoisotopic (exact) mass is 204 g/mol. The zero-order valence-electron chi connectivity index (χ0n) is 6.79. The van der Waals surface area contributed by atoms with Crippen molar-refractivity contribution in [2.24, 2.45) is 0 Å². The van der Waals surface area contributed by atoms with Gasteiger partial charge in [0.1, 0.15) is 6.04 Å². The summed E-state index contributed by atoms with van der Waals surface area (Å²) >= 11 is 5.49. The molecule has 1 aliphatic rings. The van der Waals surface area contributed by atoms with E-state index in [2.05, 4.69) is 11.9 Å². The van der Waals surface area contributed by atoms with E-state index in [0.717, 1.165) is 0 Å². The molecule has 0 aliphatic carbocycles. The number of urea groups is 1. The molecule has 2 amide bonds. The van der Waals surface area contributed by atoms with E-state index in [0.29, 0.717) is 5.03 Å². The third-order valence-corrected chi connectivity index (χ3v) is 1.77. The smallest absolute Gasteiger partial charge is 0.328 e. The summed E-state index contributed by atoms with van der Waals surface area (Å²) in [5, 5.41) is 11.2. The lowest BCUT2D eigenvalue weighted by Crippen LogP contribution is -2.33. The highest BCUT2D eigenvalue weighted by Crippen LogP contribution is 2.08. The average Bonchev–Trinajstić information content (AvgIpc) is 2.31. The second-order valence-corrected chi connectivity index (χ2v) is 3.27. The Labute approximate surface area is 80.0 Å². The van der Waals surface area contributed by atoms with Gasteiger partial charge in [-0.3, -0.25) is 0 Å². The summed E-state index contributed by atoms with van der Waals surface area (Å²) in [4.78, 5) is 22.9. The topological polar surface area (TPSA) is 69.6 Å². The second kappa shape index (κ2) is 3.66. The van der Waals surface area contributed by atoms with Gasteiger partial charge in [-0.2, -0.15) is 0 Å². The lowest BCUT2D eigenvalue weighted by molar-refractivity contribution is -0.138. The van der Waals surface area contributed by atoms with Gasteiger partial charge in [0.25, 0.3) is 0 Å². The first-order valence-electron chi connectivity index (χ1n) is 3.62. The Balaban J connectivity index is 2.56. The summed E-state index contributed by atoms with van der Waals surface area (Å²) in [5.41, 5.74) is 0. The van der Waals surface area contributed by atoms with Gasteiger partial charge >= 0.3 is 12.0 Å². The minimum Gasteiger partial charge on any atom is -0.480 e. The number of hydrogen-bond donors (Lipinski definition) is 2. The van der Waals surface area contributed by atoms with Gasteiger partial charge in [0, 0.05) is 5.03 Å². The summed E-state index contributed by atoms with van der Waals surface area (Å²) in [7, 11) is 0. The van der Waals surface area contributed by atoms with Crippen LogP contribution in [-0.2, 0) is 4.79 Å². The Hall–Kier alpha value is -1.23. The molecule has 1 saturated heterocycles. The van der Waals surface area contributed by atoms with Crippen molar-refractivity contribution in [3.05, 3.63) is 11.6 Å².